The van der Waals surface area contributed by atoms with Crippen molar-refractivity contribution in [3.05, 3.63) is 70.9 Å². The molecular formula is C15H13N3OS. The summed E-state index contributed by atoms with van der Waals surface area (Å²) in [5, 5.41) is 4.90. The standard InChI is InChI=1S/C15H13N3OS/c19-15(17-9-13-7-4-8-20-13)14-10-16-11-18(14)12-5-2-1-3-6-12/h1-8,10-11H,9H2,(H,17,19). The number of nitrogens with one attached hydrogen (secondary N) is 1. The fourth-order valence-corrected chi connectivity index (χ4v) is 2.57. The average Bonchev–Trinajstić information content (AvgIpc) is 3.17. The molecule has 0 saturated heterocycles. The number of thiophene rings is 1. The molecule has 0 unspecified atom stereocenters. The number of hydrogen-bond acceptors (Lipinski definition) is 3. The van der Waals surface area contributed by atoms with Crippen molar-refractivity contribution < 1.29 is 4.79 Å². The summed E-state index contributed by atoms with van der Waals surface area (Å²) in [5.74, 6) is -0.125. The number of benzene rings is 1. The fraction of sp³-hybridized carbons (Fsp3) is 0.0667. The van der Waals surface area contributed by atoms with Gasteiger partial charge in [-0.1, -0.05) is 24.3 Å². The molecule has 3 rings (SSSR count). The third-order valence-corrected chi connectivity index (χ3v) is 3.79. The van der Waals surface area contributed by atoms with Crippen LogP contribution in [0.3, 0.4) is 0 Å². The van der Waals surface area contributed by atoms with Gasteiger partial charge >= 0.3 is 0 Å². The second kappa shape index (κ2) is 5.71. The van der Waals surface area contributed by atoms with E-state index in [-0.39, 0.29) is 5.91 Å². The Bertz CT molecular complexity index is 689. The van der Waals surface area contributed by atoms with Gasteiger partial charge in [0.15, 0.2) is 0 Å². The van der Waals surface area contributed by atoms with Gasteiger partial charge in [-0.05, 0) is 23.6 Å². The minimum absolute atomic E-state index is 0.125. The molecule has 2 heterocycles. The van der Waals surface area contributed by atoms with Gasteiger partial charge in [0, 0.05) is 10.6 Å². The number of hydrogen-bond donors (Lipinski definition) is 1. The molecule has 0 spiro atoms. The van der Waals surface area contributed by atoms with Gasteiger partial charge in [0.05, 0.1) is 19.1 Å². The maximum absolute atomic E-state index is 12.2. The van der Waals surface area contributed by atoms with Crippen molar-refractivity contribution in [1.29, 1.82) is 0 Å². The molecule has 0 fully saturated rings. The summed E-state index contributed by atoms with van der Waals surface area (Å²) in [6, 6.07) is 13.7. The van der Waals surface area contributed by atoms with Crippen molar-refractivity contribution in [3.8, 4) is 5.69 Å². The molecule has 5 heteroatoms. The maximum atomic E-state index is 12.2. The van der Waals surface area contributed by atoms with Gasteiger partial charge in [-0.2, -0.15) is 0 Å². The van der Waals surface area contributed by atoms with Crippen LogP contribution >= 0.6 is 11.3 Å². The highest BCUT2D eigenvalue weighted by Gasteiger charge is 2.12. The van der Waals surface area contributed by atoms with Gasteiger partial charge in [-0.3, -0.25) is 9.36 Å². The first-order valence-electron chi connectivity index (χ1n) is 6.23. The van der Waals surface area contributed by atoms with Crippen molar-refractivity contribution in [2.75, 3.05) is 0 Å². The molecule has 0 aliphatic carbocycles. The quantitative estimate of drug-likeness (QED) is 0.800. The van der Waals surface area contributed by atoms with Crippen LogP contribution in [0.25, 0.3) is 5.69 Å². The molecule has 0 aliphatic heterocycles. The third-order valence-electron chi connectivity index (χ3n) is 2.91. The Kier molecular flexibility index (Phi) is 3.60. The van der Waals surface area contributed by atoms with Crippen LogP contribution in [0.5, 0.6) is 0 Å². The fourth-order valence-electron chi connectivity index (χ4n) is 1.93. The van der Waals surface area contributed by atoms with Crippen LogP contribution in [0, 0.1) is 0 Å². The van der Waals surface area contributed by atoms with Crippen LogP contribution in [0.2, 0.25) is 0 Å². The van der Waals surface area contributed by atoms with E-state index >= 15 is 0 Å². The van der Waals surface area contributed by atoms with E-state index in [2.05, 4.69) is 10.3 Å². The monoisotopic (exact) mass is 283 g/mol. The van der Waals surface area contributed by atoms with Gasteiger partial charge < -0.3 is 5.32 Å². The summed E-state index contributed by atoms with van der Waals surface area (Å²) in [6.45, 7) is 0.538. The van der Waals surface area contributed by atoms with Crippen LogP contribution < -0.4 is 5.32 Å². The third kappa shape index (κ3) is 2.62. The molecule has 20 heavy (non-hydrogen) atoms. The van der Waals surface area contributed by atoms with Crippen molar-refractivity contribution in [1.82, 2.24) is 14.9 Å². The van der Waals surface area contributed by atoms with Crippen molar-refractivity contribution in [2.45, 2.75) is 6.54 Å². The van der Waals surface area contributed by atoms with Crippen LogP contribution in [0.1, 0.15) is 15.4 Å². The molecule has 1 amide bonds. The lowest BCUT2D eigenvalue weighted by molar-refractivity contribution is 0.0944. The highest BCUT2D eigenvalue weighted by Crippen LogP contribution is 2.12. The molecule has 1 aromatic carbocycles. The van der Waals surface area contributed by atoms with Gasteiger partial charge in [0.25, 0.3) is 5.91 Å². The number of imidazole rings is 1. The smallest absolute Gasteiger partial charge is 0.270 e. The van der Waals surface area contributed by atoms with Crippen LogP contribution in [-0.2, 0) is 6.54 Å². The van der Waals surface area contributed by atoms with E-state index in [1.807, 2.05) is 47.8 Å². The number of aromatic nitrogens is 2. The first kappa shape index (κ1) is 12.6. The van der Waals surface area contributed by atoms with Gasteiger partial charge in [-0.15, -0.1) is 11.3 Å². The normalized spacial score (nSPS) is 10.4. The molecule has 100 valence electrons. The number of rotatable bonds is 4. The Balaban J connectivity index is 1.77. The largest absolute Gasteiger partial charge is 0.346 e. The van der Waals surface area contributed by atoms with Crippen LogP contribution in [0.15, 0.2) is 60.4 Å². The molecule has 2 aromatic heterocycles. The van der Waals surface area contributed by atoms with Crippen molar-refractivity contribution in [3.63, 3.8) is 0 Å². The Morgan fingerprint density at radius 1 is 1.20 bits per heavy atom. The van der Waals surface area contributed by atoms with Gasteiger partial charge in [0.2, 0.25) is 0 Å². The average molecular weight is 283 g/mol. The van der Waals surface area contributed by atoms with E-state index in [0.29, 0.717) is 12.2 Å². The Labute approximate surface area is 120 Å². The molecular weight excluding hydrogens is 270 g/mol. The van der Waals surface area contributed by atoms with E-state index in [4.69, 9.17) is 0 Å². The summed E-state index contributed by atoms with van der Waals surface area (Å²) in [7, 11) is 0. The predicted octanol–water partition coefficient (Wildman–Crippen LogP) is 2.86. The van der Waals surface area contributed by atoms with E-state index in [0.717, 1.165) is 10.6 Å². The Morgan fingerprint density at radius 3 is 2.80 bits per heavy atom. The predicted molar refractivity (Wildman–Crippen MR) is 79.1 cm³/mol. The van der Waals surface area contributed by atoms with Gasteiger partial charge in [0.1, 0.15) is 5.69 Å². The first-order valence-corrected chi connectivity index (χ1v) is 7.11. The molecule has 3 aromatic rings. The Hall–Kier alpha value is -2.40. The van der Waals surface area contributed by atoms with E-state index in [1.54, 1.807) is 28.4 Å². The van der Waals surface area contributed by atoms with Crippen molar-refractivity contribution in [2.24, 2.45) is 0 Å². The first-order chi connectivity index (χ1) is 9.84. The van der Waals surface area contributed by atoms with Crippen LogP contribution in [-0.4, -0.2) is 15.5 Å². The highest BCUT2D eigenvalue weighted by molar-refractivity contribution is 7.09. The van der Waals surface area contributed by atoms with Crippen LogP contribution in [0.4, 0.5) is 0 Å². The molecule has 1 N–H and O–H groups in total. The zero-order valence-corrected chi connectivity index (χ0v) is 11.5. The molecule has 0 atom stereocenters. The molecule has 0 aliphatic rings. The second-order valence-corrected chi connectivity index (χ2v) is 5.28. The van der Waals surface area contributed by atoms with E-state index < -0.39 is 0 Å². The SMILES string of the molecule is O=C(NCc1cccs1)c1cncn1-c1ccccc1. The zero-order valence-electron chi connectivity index (χ0n) is 10.7. The summed E-state index contributed by atoms with van der Waals surface area (Å²) >= 11 is 1.63. The number of nitrogens with zero attached hydrogens (tertiary/aromatic N) is 2. The second-order valence-electron chi connectivity index (χ2n) is 4.25. The molecule has 0 radical (unpaired) electrons. The Morgan fingerprint density at radius 2 is 2.05 bits per heavy atom. The molecule has 0 saturated carbocycles. The summed E-state index contributed by atoms with van der Waals surface area (Å²) in [5.41, 5.74) is 1.46. The number of para-hydroxylation sites is 1. The summed E-state index contributed by atoms with van der Waals surface area (Å²) in [6.07, 6.45) is 3.23. The molecule has 0 bridgehead atoms. The lowest BCUT2D eigenvalue weighted by atomic mass is 10.3. The topological polar surface area (TPSA) is 46.9 Å². The lowest BCUT2D eigenvalue weighted by Gasteiger charge is -2.08. The van der Waals surface area contributed by atoms with E-state index in [1.165, 1.54) is 0 Å². The number of carbonyl (C=O) groups excluding carboxylic acids is 1. The zero-order chi connectivity index (χ0) is 13.8. The maximum Gasteiger partial charge on any atom is 0.270 e. The van der Waals surface area contributed by atoms with Gasteiger partial charge in [-0.25, -0.2) is 4.98 Å². The molecule has 4 nitrogen and oxygen atoms in total. The summed E-state index contributed by atoms with van der Waals surface area (Å²) < 4.78 is 1.78. The summed E-state index contributed by atoms with van der Waals surface area (Å²) in [4.78, 5) is 17.4. The van der Waals surface area contributed by atoms with Crippen molar-refractivity contribution >= 4 is 17.2 Å². The highest BCUT2D eigenvalue weighted by atomic mass is 32.1. The number of carbonyl (C=O) groups is 1. The van der Waals surface area contributed by atoms with E-state index in [9.17, 15) is 4.79 Å². The number of amides is 1. The lowest BCUT2D eigenvalue weighted by Crippen LogP contribution is -2.24. The minimum Gasteiger partial charge on any atom is -0.346 e. The minimum atomic E-state index is -0.125.